The summed E-state index contributed by atoms with van der Waals surface area (Å²) >= 11 is 0. The van der Waals surface area contributed by atoms with Crippen LogP contribution in [0.15, 0.2) is 36.4 Å². The molecule has 13 nitrogen and oxygen atoms in total. The van der Waals surface area contributed by atoms with Gasteiger partial charge in [0, 0.05) is 37.6 Å². The molecule has 2 aromatic carbocycles. The predicted octanol–water partition coefficient (Wildman–Crippen LogP) is 1.05. The fourth-order valence-corrected chi connectivity index (χ4v) is 5.13. The van der Waals surface area contributed by atoms with E-state index < -0.39 is 41.9 Å². The summed E-state index contributed by atoms with van der Waals surface area (Å²) in [5.74, 6) is -2.11. The Morgan fingerprint density at radius 3 is 2.43 bits per heavy atom. The van der Waals surface area contributed by atoms with Crippen LogP contribution in [0.5, 0.6) is 11.5 Å². The van der Waals surface area contributed by atoms with E-state index in [4.69, 9.17) is 16.2 Å². The van der Waals surface area contributed by atoms with Gasteiger partial charge in [-0.25, -0.2) is 0 Å². The third kappa shape index (κ3) is 9.27. The summed E-state index contributed by atoms with van der Waals surface area (Å²) < 4.78 is 5.91. The van der Waals surface area contributed by atoms with Crippen LogP contribution in [0.3, 0.4) is 0 Å². The average molecular weight is 639 g/mol. The quantitative estimate of drug-likeness (QED) is 0.184. The first-order valence-electron chi connectivity index (χ1n) is 15.5. The summed E-state index contributed by atoms with van der Waals surface area (Å²) in [7, 11) is 1.52. The summed E-state index contributed by atoms with van der Waals surface area (Å²) in [5, 5.41) is 19.0. The third-order valence-corrected chi connectivity index (χ3v) is 7.96. The number of likely N-dealkylation sites (N-methyl/N-ethyl adjacent to an activating group) is 1. The highest BCUT2D eigenvalue weighted by molar-refractivity contribution is 5.96. The number of ether oxygens (including phenoxy) is 1. The van der Waals surface area contributed by atoms with Crippen molar-refractivity contribution in [3.05, 3.63) is 47.5 Å². The van der Waals surface area contributed by atoms with Crippen LogP contribution in [-0.2, 0) is 30.4 Å². The van der Waals surface area contributed by atoms with E-state index >= 15 is 0 Å². The number of hydrogen-bond donors (Lipinski definition) is 6. The van der Waals surface area contributed by atoms with Crippen molar-refractivity contribution in [2.24, 2.45) is 11.5 Å². The number of phenolic OH excluding ortho intramolecular Hbond substituents is 1. The number of aromatic hydroxyl groups is 1. The molecule has 4 amide bonds. The van der Waals surface area contributed by atoms with Crippen molar-refractivity contribution in [1.82, 2.24) is 20.9 Å². The number of nitrogens with one attached hydrogen (secondary N) is 3. The van der Waals surface area contributed by atoms with Crippen LogP contribution in [0.1, 0.15) is 63.6 Å². The molecule has 0 saturated heterocycles. The molecule has 4 bridgehead atoms. The maximum absolute atomic E-state index is 13.9. The molecule has 0 spiro atoms. The van der Waals surface area contributed by atoms with Crippen molar-refractivity contribution >= 4 is 29.4 Å². The van der Waals surface area contributed by atoms with Gasteiger partial charge < -0.3 is 42.2 Å². The van der Waals surface area contributed by atoms with Crippen LogP contribution in [0.2, 0.25) is 0 Å². The van der Waals surface area contributed by atoms with Crippen molar-refractivity contribution in [3.8, 4) is 22.6 Å². The molecular weight excluding hydrogens is 592 g/mol. The minimum atomic E-state index is -1.15. The molecular formula is C33H46N6O7. The van der Waals surface area contributed by atoms with Gasteiger partial charge >= 0.3 is 0 Å². The van der Waals surface area contributed by atoms with Gasteiger partial charge in [0.1, 0.15) is 36.2 Å². The van der Waals surface area contributed by atoms with E-state index in [0.717, 1.165) is 12.8 Å². The van der Waals surface area contributed by atoms with E-state index in [1.807, 2.05) is 0 Å². The number of nitrogens with zero attached hydrogens (tertiary/aromatic N) is 1. The van der Waals surface area contributed by atoms with Crippen LogP contribution < -0.4 is 32.2 Å². The van der Waals surface area contributed by atoms with Crippen LogP contribution in [0.4, 0.5) is 0 Å². The highest BCUT2D eigenvalue weighted by Gasteiger charge is 2.33. The first-order chi connectivity index (χ1) is 21.9. The van der Waals surface area contributed by atoms with Gasteiger partial charge in [-0.05, 0) is 75.5 Å². The fourth-order valence-electron chi connectivity index (χ4n) is 5.13. The second-order valence-corrected chi connectivity index (χ2v) is 11.6. The Hall–Kier alpha value is -4.49. The largest absolute Gasteiger partial charge is 0.507 e. The first-order valence-corrected chi connectivity index (χ1v) is 15.5. The summed E-state index contributed by atoms with van der Waals surface area (Å²) in [5.41, 5.74) is 13.1. The number of carbonyl (C=O) groups excluding carboxylic acids is 5. The number of phenols is 1. The fraction of sp³-hybridized carbons (Fsp3) is 0.485. The highest BCUT2D eigenvalue weighted by Crippen LogP contribution is 2.39. The van der Waals surface area contributed by atoms with Gasteiger partial charge in [-0.15, -0.1) is 0 Å². The second-order valence-electron chi connectivity index (χ2n) is 11.6. The second kappa shape index (κ2) is 16.7. The molecule has 250 valence electrons. The number of fused-ring (bicyclic) bond motifs is 5. The van der Waals surface area contributed by atoms with Crippen molar-refractivity contribution in [1.29, 1.82) is 0 Å². The number of nitrogens with two attached hydrogens (primary N) is 2. The van der Waals surface area contributed by atoms with E-state index in [1.165, 1.54) is 31.9 Å². The van der Waals surface area contributed by atoms with Gasteiger partial charge in [0.25, 0.3) is 0 Å². The molecule has 1 aliphatic heterocycles. The first kappa shape index (κ1) is 36.0. The number of carbonyl (C=O) groups is 5. The van der Waals surface area contributed by atoms with Gasteiger partial charge in [-0.2, -0.15) is 0 Å². The lowest BCUT2D eigenvalue weighted by atomic mass is 9.93. The highest BCUT2D eigenvalue weighted by atomic mass is 16.5. The predicted molar refractivity (Wildman–Crippen MR) is 173 cm³/mol. The van der Waals surface area contributed by atoms with E-state index in [1.54, 1.807) is 37.3 Å². The molecule has 0 saturated carbocycles. The standard InChI is InChI=1S/C33H46N6O7/c1-19(21(3)40)36-32(44)26-17-22-9-11-27(41)24(16-22)25-18-23(10-12-28(25)46-15-14-35)30(33(45)37-20(2)31(43)38-26)39(4)29(42)8-6-5-7-13-34/h9-12,16,18-20,26,30,41H,5-8,13-15,17,34-35H2,1-4H3,(H,36,44)(H,37,45)(H,38,43). The zero-order valence-electron chi connectivity index (χ0n) is 26.9. The Balaban J connectivity index is 2.17. The summed E-state index contributed by atoms with van der Waals surface area (Å²) in [4.78, 5) is 67.0. The molecule has 0 aliphatic carbocycles. The van der Waals surface area contributed by atoms with Gasteiger partial charge in [-0.1, -0.05) is 18.6 Å². The Morgan fingerprint density at radius 1 is 1.02 bits per heavy atom. The number of amides is 4. The van der Waals surface area contributed by atoms with Crippen molar-refractivity contribution in [3.63, 3.8) is 0 Å². The van der Waals surface area contributed by atoms with Crippen molar-refractivity contribution < 1.29 is 33.8 Å². The molecule has 0 radical (unpaired) electrons. The van der Waals surface area contributed by atoms with Crippen LogP contribution in [-0.4, -0.2) is 84.3 Å². The lowest BCUT2D eigenvalue weighted by Gasteiger charge is -2.30. The lowest BCUT2D eigenvalue weighted by molar-refractivity contribution is -0.140. The van der Waals surface area contributed by atoms with E-state index in [2.05, 4.69) is 16.0 Å². The lowest BCUT2D eigenvalue weighted by Crippen LogP contribution is -2.56. The molecule has 13 heteroatoms. The summed E-state index contributed by atoms with van der Waals surface area (Å²) in [6.07, 6.45) is 2.34. The number of rotatable bonds is 12. The van der Waals surface area contributed by atoms with Crippen molar-refractivity contribution in [2.45, 2.75) is 77.0 Å². The van der Waals surface area contributed by atoms with Crippen LogP contribution >= 0.6 is 0 Å². The third-order valence-electron chi connectivity index (χ3n) is 7.96. The number of unbranched alkanes of at least 4 members (excludes halogenated alkanes) is 2. The molecule has 1 heterocycles. The van der Waals surface area contributed by atoms with Gasteiger partial charge in [0.2, 0.25) is 23.6 Å². The molecule has 0 aromatic heterocycles. The summed E-state index contributed by atoms with van der Waals surface area (Å²) in [6.45, 7) is 5.29. The normalized spacial score (nSPS) is 18.8. The Labute approximate surface area is 269 Å². The monoisotopic (exact) mass is 638 g/mol. The topological polar surface area (TPSA) is 206 Å². The number of Topliss-reactive ketones (excluding diaryl/α,β-unsaturated/α-hetero) is 1. The molecule has 46 heavy (non-hydrogen) atoms. The van der Waals surface area contributed by atoms with E-state index in [-0.39, 0.29) is 43.4 Å². The minimum absolute atomic E-state index is 0.0127. The van der Waals surface area contributed by atoms with Crippen LogP contribution in [0, 0.1) is 0 Å². The average Bonchev–Trinajstić information content (AvgIpc) is 3.02. The zero-order valence-corrected chi connectivity index (χ0v) is 26.9. The molecule has 1 aliphatic rings. The molecule has 0 fully saturated rings. The van der Waals surface area contributed by atoms with Gasteiger partial charge in [0.15, 0.2) is 5.78 Å². The van der Waals surface area contributed by atoms with E-state index in [9.17, 15) is 29.1 Å². The Bertz CT molecular complexity index is 1430. The Morgan fingerprint density at radius 2 is 1.76 bits per heavy atom. The van der Waals surface area contributed by atoms with Crippen LogP contribution in [0.25, 0.3) is 11.1 Å². The number of benzene rings is 2. The summed E-state index contributed by atoms with van der Waals surface area (Å²) in [6, 6.07) is 5.58. The number of ketones is 1. The molecule has 4 atom stereocenters. The van der Waals surface area contributed by atoms with E-state index in [0.29, 0.717) is 41.0 Å². The van der Waals surface area contributed by atoms with Crippen molar-refractivity contribution in [2.75, 3.05) is 26.7 Å². The Kier molecular flexibility index (Phi) is 13.1. The minimum Gasteiger partial charge on any atom is -0.507 e. The molecule has 2 aromatic rings. The molecule has 4 unspecified atom stereocenters. The zero-order chi connectivity index (χ0) is 34.0. The van der Waals surface area contributed by atoms with Gasteiger partial charge in [-0.3, -0.25) is 24.0 Å². The number of hydrogen-bond acceptors (Lipinski definition) is 9. The maximum Gasteiger partial charge on any atom is 0.248 e. The van der Waals surface area contributed by atoms with Gasteiger partial charge in [0.05, 0.1) is 6.04 Å². The molecule has 8 N–H and O–H groups in total. The maximum atomic E-state index is 13.9. The smallest absolute Gasteiger partial charge is 0.248 e. The molecule has 3 rings (SSSR count). The SMILES string of the molecule is CC(=O)C(C)NC(=O)C1Cc2ccc(O)c(c2)-c2cc(ccc2OCCN)C(N(C)C(=O)CCCCCN)C(=O)NC(C)C(=O)N1.